The van der Waals surface area contributed by atoms with Crippen LogP contribution in [0.3, 0.4) is 0 Å². The van der Waals surface area contributed by atoms with Gasteiger partial charge in [-0.05, 0) is 40.5 Å². The Morgan fingerprint density at radius 1 is 1.53 bits per heavy atom. The van der Waals surface area contributed by atoms with Crippen molar-refractivity contribution < 1.29 is 13.9 Å². The summed E-state index contributed by atoms with van der Waals surface area (Å²) in [6, 6.07) is -0.306. The first kappa shape index (κ1) is 12.3. The highest BCUT2D eigenvalue weighted by atomic mass is 19.1. The summed E-state index contributed by atoms with van der Waals surface area (Å²) in [5.74, 6) is 0. The summed E-state index contributed by atoms with van der Waals surface area (Å²) in [4.78, 5) is 13.2. The quantitative estimate of drug-likeness (QED) is 0.676. The van der Waals surface area contributed by atoms with E-state index in [0.29, 0.717) is 6.54 Å². The van der Waals surface area contributed by atoms with Gasteiger partial charge in [0.2, 0.25) is 0 Å². The van der Waals surface area contributed by atoms with Crippen molar-refractivity contribution in [2.24, 2.45) is 0 Å². The van der Waals surface area contributed by atoms with Crippen LogP contribution in [0.15, 0.2) is 0 Å². The number of halogens is 1. The molecule has 15 heavy (non-hydrogen) atoms. The molecule has 1 saturated heterocycles. The van der Waals surface area contributed by atoms with Crippen LogP contribution in [-0.2, 0) is 4.74 Å². The smallest absolute Gasteiger partial charge is 0.410 e. The Kier molecular flexibility index (Phi) is 3.58. The first-order chi connectivity index (χ1) is 6.81. The number of ether oxygens (including phenoxy) is 1. The number of amides is 1. The third-order valence-corrected chi connectivity index (χ3v) is 2.46. The number of hydrogen-bond acceptors (Lipinski definition) is 2. The van der Waals surface area contributed by atoms with Crippen molar-refractivity contribution in [1.29, 1.82) is 0 Å². The van der Waals surface area contributed by atoms with Crippen LogP contribution in [-0.4, -0.2) is 35.4 Å². The maximum Gasteiger partial charge on any atom is 0.410 e. The maximum absolute atomic E-state index is 13.2. The normalized spacial score (nSPS) is 24.1. The minimum Gasteiger partial charge on any atom is -0.444 e. The van der Waals surface area contributed by atoms with E-state index in [0.717, 1.165) is 12.8 Å². The molecule has 0 aromatic carbocycles. The molecule has 0 aromatic heterocycles. The first-order valence-electron chi connectivity index (χ1n) is 5.45. The van der Waals surface area contributed by atoms with Crippen LogP contribution in [0, 0.1) is 0 Å². The molecule has 1 aliphatic heterocycles. The molecule has 1 amide bonds. The lowest BCUT2D eigenvalue weighted by Gasteiger charge is -2.29. The van der Waals surface area contributed by atoms with Crippen molar-refractivity contribution in [3.63, 3.8) is 0 Å². The van der Waals surface area contributed by atoms with E-state index in [1.165, 1.54) is 11.8 Å². The van der Waals surface area contributed by atoms with E-state index in [4.69, 9.17) is 4.74 Å². The van der Waals surface area contributed by atoms with Crippen LogP contribution in [0.1, 0.15) is 40.5 Å². The summed E-state index contributed by atoms with van der Waals surface area (Å²) in [5.41, 5.74) is -0.510. The Hall–Kier alpha value is -0.800. The summed E-state index contributed by atoms with van der Waals surface area (Å²) < 4.78 is 18.4. The van der Waals surface area contributed by atoms with E-state index in [1.807, 2.05) is 20.8 Å². The van der Waals surface area contributed by atoms with Gasteiger partial charge >= 0.3 is 6.09 Å². The van der Waals surface area contributed by atoms with Crippen molar-refractivity contribution in [3.8, 4) is 0 Å². The third kappa shape index (κ3) is 3.36. The number of carbonyl (C=O) groups is 1. The van der Waals surface area contributed by atoms with E-state index in [9.17, 15) is 9.18 Å². The highest BCUT2D eigenvalue weighted by molar-refractivity contribution is 5.69. The average molecular weight is 217 g/mol. The van der Waals surface area contributed by atoms with Gasteiger partial charge in [-0.2, -0.15) is 0 Å². The average Bonchev–Trinajstić information content (AvgIpc) is 2.47. The summed E-state index contributed by atoms with van der Waals surface area (Å²) in [6.07, 6.45) is 0.212. The molecule has 0 spiro atoms. The van der Waals surface area contributed by atoms with Gasteiger partial charge in [0.15, 0.2) is 0 Å². The van der Waals surface area contributed by atoms with Gasteiger partial charge in [-0.1, -0.05) is 0 Å². The number of alkyl halides is 1. The van der Waals surface area contributed by atoms with Gasteiger partial charge in [0.1, 0.15) is 11.8 Å². The Morgan fingerprint density at radius 3 is 2.60 bits per heavy atom. The van der Waals surface area contributed by atoms with Crippen molar-refractivity contribution in [3.05, 3.63) is 0 Å². The molecule has 88 valence electrons. The monoisotopic (exact) mass is 217 g/mol. The highest BCUT2D eigenvalue weighted by Gasteiger charge is 2.35. The van der Waals surface area contributed by atoms with E-state index < -0.39 is 17.9 Å². The van der Waals surface area contributed by atoms with Crippen LogP contribution in [0.25, 0.3) is 0 Å². The van der Waals surface area contributed by atoms with Crippen LogP contribution >= 0.6 is 0 Å². The van der Waals surface area contributed by atoms with Gasteiger partial charge in [0, 0.05) is 6.54 Å². The Morgan fingerprint density at radius 2 is 2.13 bits per heavy atom. The van der Waals surface area contributed by atoms with Crippen LogP contribution in [0.2, 0.25) is 0 Å². The second kappa shape index (κ2) is 4.37. The Bertz CT molecular complexity index is 235. The predicted octanol–water partition coefficient (Wildman–Crippen LogP) is 2.74. The zero-order chi connectivity index (χ0) is 11.6. The standard InChI is InChI=1S/C11H20FNO2/c1-8(12)9-6-5-7-13(9)10(14)15-11(2,3)4/h8-9H,5-7H2,1-4H3/t8-,9-/m1/s1. The Balaban J connectivity index is 2.59. The molecule has 0 bridgehead atoms. The fraction of sp³-hybridized carbons (Fsp3) is 0.909. The van der Waals surface area contributed by atoms with E-state index in [2.05, 4.69) is 0 Å². The van der Waals surface area contributed by atoms with Gasteiger partial charge < -0.3 is 9.64 Å². The minimum atomic E-state index is -0.986. The molecule has 1 rings (SSSR count). The highest BCUT2D eigenvalue weighted by Crippen LogP contribution is 2.24. The number of nitrogens with zero attached hydrogens (tertiary/aromatic N) is 1. The van der Waals surface area contributed by atoms with Crippen LogP contribution in [0.4, 0.5) is 9.18 Å². The molecule has 1 heterocycles. The summed E-state index contributed by atoms with van der Waals surface area (Å²) in [5, 5.41) is 0. The lowest BCUT2D eigenvalue weighted by atomic mass is 10.1. The molecule has 0 aliphatic carbocycles. The maximum atomic E-state index is 13.2. The molecule has 2 atom stereocenters. The SMILES string of the molecule is C[C@@H](F)[C@H]1CCCN1C(=O)OC(C)(C)C. The van der Waals surface area contributed by atoms with Gasteiger partial charge in [-0.25, -0.2) is 9.18 Å². The largest absolute Gasteiger partial charge is 0.444 e. The molecule has 0 saturated carbocycles. The fourth-order valence-corrected chi connectivity index (χ4v) is 1.82. The van der Waals surface area contributed by atoms with Crippen molar-refractivity contribution in [2.75, 3.05) is 6.54 Å². The van der Waals surface area contributed by atoms with Gasteiger partial charge in [0.25, 0.3) is 0 Å². The second-order valence-corrected chi connectivity index (χ2v) is 5.06. The van der Waals surface area contributed by atoms with E-state index >= 15 is 0 Å². The molecule has 0 radical (unpaired) electrons. The number of hydrogen-bond donors (Lipinski definition) is 0. The molecular formula is C11H20FNO2. The van der Waals surface area contributed by atoms with Gasteiger partial charge in [-0.3, -0.25) is 0 Å². The summed E-state index contributed by atoms with van der Waals surface area (Å²) in [7, 11) is 0. The fourth-order valence-electron chi connectivity index (χ4n) is 1.82. The lowest BCUT2D eigenvalue weighted by Crippen LogP contribution is -2.43. The molecule has 3 nitrogen and oxygen atoms in total. The van der Waals surface area contributed by atoms with Crippen molar-refractivity contribution in [1.82, 2.24) is 4.90 Å². The molecule has 4 heteroatoms. The van der Waals surface area contributed by atoms with Gasteiger partial charge in [0.05, 0.1) is 6.04 Å². The van der Waals surface area contributed by atoms with Crippen LogP contribution < -0.4 is 0 Å². The van der Waals surface area contributed by atoms with E-state index in [-0.39, 0.29) is 6.04 Å². The molecule has 1 aliphatic rings. The summed E-state index contributed by atoms with van der Waals surface area (Å²) in [6.45, 7) is 7.54. The summed E-state index contributed by atoms with van der Waals surface area (Å²) >= 11 is 0. The zero-order valence-electron chi connectivity index (χ0n) is 9.92. The minimum absolute atomic E-state index is 0.306. The topological polar surface area (TPSA) is 29.5 Å². The molecule has 0 N–H and O–H groups in total. The van der Waals surface area contributed by atoms with Crippen molar-refractivity contribution >= 4 is 6.09 Å². The van der Waals surface area contributed by atoms with E-state index in [1.54, 1.807) is 0 Å². The molecular weight excluding hydrogens is 197 g/mol. The predicted molar refractivity (Wildman–Crippen MR) is 56.5 cm³/mol. The zero-order valence-corrected chi connectivity index (χ0v) is 9.92. The van der Waals surface area contributed by atoms with Crippen molar-refractivity contribution in [2.45, 2.75) is 58.4 Å². The molecule has 0 unspecified atom stereocenters. The van der Waals surface area contributed by atoms with Crippen LogP contribution in [0.5, 0.6) is 0 Å². The van der Waals surface area contributed by atoms with Gasteiger partial charge in [-0.15, -0.1) is 0 Å². The first-order valence-corrected chi connectivity index (χ1v) is 5.45. The number of likely N-dealkylation sites (tertiary alicyclic amines) is 1. The second-order valence-electron chi connectivity index (χ2n) is 5.06. The third-order valence-electron chi connectivity index (χ3n) is 2.46. The Labute approximate surface area is 90.6 Å². The number of carbonyl (C=O) groups excluding carboxylic acids is 1. The molecule has 0 aromatic rings. The number of rotatable bonds is 1. The molecule has 1 fully saturated rings. The lowest BCUT2D eigenvalue weighted by molar-refractivity contribution is 0.0161.